The molecule has 1 atom stereocenters. The lowest BCUT2D eigenvalue weighted by molar-refractivity contribution is -0.167. The Hall–Kier alpha value is -3.15. The molecule has 0 spiro atoms. The average Bonchev–Trinajstić information content (AvgIpc) is 3.17. The van der Waals surface area contributed by atoms with E-state index in [1.165, 1.54) is 51.4 Å². The number of hydrogen-bond acceptors (Lipinski definition) is 6. The van der Waals surface area contributed by atoms with Crippen LogP contribution in [0.4, 0.5) is 0 Å². The summed E-state index contributed by atoms with van der Waals surface area (Å²) >= 11 is 0. The van der Waals surface area contributed by atoms with Crippen LogP contribution in [0.3, 0.4) is 0 Å². The second kappa shape index (κ2) is 42.6. The highest BCUT2D eigenvalue weighted by molar-refractivity contribution is 5.71. The van der Waals surface area contributed by atoms with Gasteiger partial charge in [0.05, 0.1) is 0 Å². The third-order valence-electron chi connectivity index (χ3n) is 8.96. The molecule has 0 aromatic heterocycles. The number of unbranched alkanes of at least 4 members (excludes halogenated alkanes) is 15. The van der Waals surface area contributed by atoms with Gasteiger partial charge >= 0.3 is 17.9 Å². The number of allylic oxidation sites excluding steroid dienone is 12. The molecule has 0 aliphatic heterocycles. The minimum Gasteiger partial charge on any atom is -0.462 e. The molecular weight excluding hydrogens is 673 g/mol. The number of ether oxygens (including phenoxy) is 3. The van der Waals surface area contributed by atoms with Gasteiger partial charge in [0.1, 0.15) is 13.2 Å². The van der Waals surface area contributed by atoms with Gasteiger partial charge < -0.3 is 14.2 Å². The highest BCUT2D eigenvalue weighted by Gasteiger charge is 2.19. The smallest absolute Gasteiger partial charge is 0.306 e. The molecule has 0 radical (unpaired) electrons. The maximum absolute atomic E-state index is 12.7. The summed E-state index contributed by atoms with van der Waals surface area (Å²) in [5.41, 5.74) is 0. The summed E-state index contributed by atoms with van der Waals surface area (Å²) in [6.07, 6.45) is 51.8. The lowest BCUT2D eigenvalue weighted by Gasteiger charge is -2.18. The fourth-order valence-electron chi connectivity index (χ4n) is 5.70. The molecule has 0 bridgehead atoms. The maximum atomic E-state index is 12.7. The Kier molecular flexibility index (Phi) is 40.1. The molecule has 0 aliphatic carbocycles. The number of rotatable bonds is 38. The van der Waals surface area contributed by atoms with Gasteiger partial charge in [-0.15, -0.1) is 0 Å². The van der Waals surface area contributed by atoms with Crippen LogP contribution in [0, 0.1) is 0 Å². The molecule has 1 unspecified atom stereocenters. The molecule has 0 fully saturated rings. The monoisotopic (exact) mass is 753 g/mol. The van der Waals surface area contributed by atoms with Gasteiger partial charge in [-0.2, -0.15) is 0 Å². The zero-order valence-electron chi connectivity index (χ0n) is 35.0. The molecular formula is C48H80O6. The molecule has 6 heteroatoms. The zero-order valence-corrected chi connectivity index (χ0v) is 35.0. The summed E-state index contributed by atoms with van der Waals surface area (Å²) in [5, 5.41) is 0. The van der Waals surface area contributed by atoms with Crippen molar-refractivity contribution in [2.75, 3.05) is 13.2 Å². The lowest BCUT2D eigenvalue weighted by Crippen LogP contribution is -2.30. The molecule has 0 rings (SSSR count). The van der Waals surface area contributed by atoms with Crippen molar-refractivity contribution < 1.29 is 28.6 Å². The summed E-state index contributed by atoms with van der Waals surface area (Å²) < 4.78 is 16.6. The van der Waals surface area contributed by atoms with Crippen LogP contribution >= 0.6 is 0 Å². The van der Waals surface area contributed by atoms with Gasteiger partial charge in [-0.05, 0) is 83.5 Å². The first kappa shape index (κ1) is 50.9. The zero-order chi connectivity index (χ0) is 39.4. The standard InChI is InChI=1S/C48H80O6/c1-4-7-10-13-16-19-21-22-23-24-25-27-29-32-35-38-41-47(50)53-44-45(43-52-46(49)40-37-34-31-28-18-15-12-9-6-3)54-48(51)42-39-36-33-30-26-20-17-14-11-8-5-2/h7,9-10,12,16,18-19,22-23,25,27-28,45H,4-6,8,11,13-15,17,20-21,24,26,29-44H2,1-3H3/b10-7-,12-9-,19-16-,23-22-,27-25-,28-18-. The highest BCUT2D eigenvalue weighted by Crippen LogP contribution is 2.13. The molecule has 6 nitrogen and oxygen atoms in total. The van der Waals surface area contributed by atoms with E-state index in [9.17, 15) is 14.4 Å². The van der Waals surface area contributed by atoms with Crippen molar-refractivity contribution in [3.05, 3.63) is 72.9 Å². The molecule has 0 heterocycles. The Morgan fingerprint density at radius 2 is 0.722 bits per heavy atom. The topological polar surface area (TPSA) is 78.9 Å². The lowest BCUT2D eigenvalue weighted by atomic mass is 10.1. The Labute approximate surface area is 332 Å². The third kappa shape index (κ3) is 40.0. The van der Waals surface area contributed by atoms with Gasteiger partial charge in [-0.1, -0.05) is 164 Å². The third-order valence-corrected chi connectivity index (χ3v) is 8.96. The normalized spacial score (nSPS) is 12.7. The van der Waals surface area contributed by atoms with Crippen LogP contribution in [0.15, 0.2) is 72.9 Å². The summed E-state index contributed by atoms with van der Waals surface area (Å²) in [6.45, 7) is 6.31. The fourth-order valence-corrected chi connectivity index (χ4v) is 5.70. The quantitative estimate of drug-likeness (QED) is 0.0270. The van der Waals surface area contributed by atoms with Crippen molar-refractivity contribution >= 4 is 17.9 Å². The Balaban J connectivity index is 4.44. The largest absolute Gasteiger partial charge is 0.462 e. The van der Waals surface area contributed by atoms with Crippen molar-refractivity contribution in [2.45, 2.75) is 200 Å². The second-order valence-corrected chi connectivity index (χ2v) is 14.2. The molecule has 54 heavy (non-hydrogen) atoms. The van der Waals surface area contributed by atoms with Crippen molar-refractivity contribution in [3.8, 4) is 0 Å². The van der Waals surface area contributed by atoms with Gasteiger partial charge in [0, 0.05) is 19.3 Å². The molecule has 0 saturated heterocycles. The van der Waals surface area contributed by atoms with Gasteiger partial charge in [-0.25, -0.2) is 0 Å². The van der Waals surface area contributed by atoms with Crippen LogP contribution in [0.2, 0.25) is 0 Å². The predicted octanol–water partition coefficient (Wildman–Crippen LogP) is 13.9. The molecule has 0 aromatic rings. The van der Waals surface area contributed by atoms with E-state index in [0.717, 1.165) is 103 Å². The van der Waals surface area contributed by atoms with E-state index in [-0.39, 0.29) is 31.1 Å². The predicted molar refractivity (Wildman–Crippen MR) is 228 cm³/mol. The highest BCUT2D eigenvalue weighted by atomic mass is 16.6. The van der Waals surface area contributed by atoms with Crippen molar-refractivity contribution in [1.82, 2.24) is 0 Å². The SMILES string of the molecule is CC/C=C\C/C=C\C/C=C\C/C=C\CCCCCC(=O)OCC(COC(=O)CCCC/C=C\C/C=C\CC)OC(=O)CCCCCCCCCCCCC. The number of hydrogen-bond donors (Lipinski definition) is 0. The molecule has 0 saturated carbocycles. The van der Waals surface area contributed by atoms with Crippen LogP contribution in [0.25, 0.3) is 0 Å². The fraction of sp³-hybridized carbons (Fsp3) is 0.688. The summed E-state index contributed by atoms with van der Waals surface area (Å²) in [4.78, 5) is 37.6. The van der Waals surface area contributed by atoms with Crippen LogP contribution < -0.4 is 0 Å². The first-order chi connectivity index (χ1) is 26.5. The van der Waals surface area contributed by atoms with Crippen molar-refractivity contribution in [1.29, 1.82) is 0 Å². The van der Waals surface area contributed by atoms with Crippen LogP contribution in [0.1, 0.15) is 194 Å². The Morgan fingerprint density at radius 1 is 0.389 bits per heavy atom. The molecule has 0 aliphatic rings. The van der Waals surface area contributed by atoms with E-state index < -0.39 is 6.10 Å². The molecule has 0 N–H and O–H groups in total. The van der Waals surface area contributed by atoms with Gasteiger partial charge in [0.25, 0.3) is 0 Å². The molecule has 0 aromatic carbocycles. The van der Waals surface area contributed by atoms with E-state index in [0.29, 0.717) is 19.3 Å². The number of carbonyl (C=O) groups excluding carboxylic acids is 3. The first-order valence-electron chi connectivity index (χ1n) is 21.9. The summed E-state index contributed by atoms with van der Waals surface area (Å²) in [7, 11) is 0. The van der Waals surface area contributed by atoms with E-state index >= 15 is 0 Å². The summed E-state index contributed by atoms with van der Waals surface area (Å²) in [6, 6.07) is 0. The van der Waals surface area contributed by atoms with E-state index in [2.05, 4.69) is 93.7 Å². The van der Waals surface area contributed by atoms with Crippen LogP contribution in [-0.4, -0.2) is 37.2 Å². The second-order valence-electron chi connectivity index (χ2n) is 14.2. The number of esters is 3. The Morgan fingerprint density at radius 3 is 1.17 bits per heavy atom. The average molecular weight is 753 g/mol. The van der Waals surface area contributed by atoms with Gasteiger partial charge in [-0.3, -0.25) is 14.4 Å². The number of carbonyl (C=O) groups is 3. The minimum absolute atomic E-state index is 0.102. The molecule has 308 valence electrons. The van der Waals surface area contributed by atoms with Crippen LogP contribution in [0.5, 0.6) is 0 Å². The first-order valence-corrected chi connectivity index (χ1v) is 21.9. The van der Waals surface area contributed by atoms with Gasteiger partial charge in [0.2, 0.25) is 0 Å². The van der Waals surface area contributed by atoms with E-state index in [4.69, 9.17) is 14.2 Å². The van der Waals surface area contributed by atoms with Crippen molar-refractivity contribution in [3.63, 3.8) is 0 Å². The maximum Gasteiger partial charge on any atom is 0.306 e. The Bertz CT molecular complexity index is 1050. The van der Waals surface area contributed by atoms with E-state index in [1.54, 1.807) is 0 Å². The molecule has 0 amide bonds. The van der Waals surface area contributed by atoms with Crippen molar-refractivity contribution in [2.24, 2.45) is 0 Å². The van der Waals surface area contributed by atoms with E-state index in [1.807, 2.05) is 0 Å². The van der Waals surface area contributed by atoms with Gasteiger partial charge in [0.15, 0.2) is 6.10 Å². The summed E-state index contributed by atoms with van der Waals surface area (Å²) in [5.74, 6) is -0.975. The minimum atomic E-state index is -0.796. The van der Waals surface area contributed by atoms with Crippen LogP contribution in [-0.2, 0) is 28.6 Å².